The number of hydrogen-bond donors (Lipinski definition) is 2. The average molecular weight is 429 g/mol. The first-order valence-corrected chi connectivity index (χ1v) is 10.8. The Morgan fingerprint density at radius 3 is 2.59 bits per heavy atom. The summed E-state index contributed by atoms with van der Waals surface area (Å²) in [6.07, 6.45) is 2.06. The largest absolute Gasteiger partial charge is 0.489 e. The predicted octanol–water partition coefficient (Wildman–Crippen LogP) is 5.55. The van der Waals surface area contributed by atoms with Crippen molar-refractivity contribution in [2.45, 2.75) is 39.5 Å². The number of aliphatic carboxylic acids is 1. The van der Waals surface area contributed by atoms with Crippen LogP contribution < -0.4 is 10.5 Å². The number of aromatic nitrogens is 1. The second-order valence-corrected chi connectivity index (χ2v) is 8.26. The van der Waals surface area contributed by atoms with Crippen molar-refractivity contribution in [2.75, 3.05) is 0 Å². The van der Waals surface area contributed by atoms with E-state index in [0.29, 0.717) is 30.5 Å². The maximum absolute atomic E-state index is 11.2. The lowest BCUT2D eigenvalue weighted by Crippen LogP contribution is -2.05. The number of nitrogens with zero attached hydrogens (tertiary/aromatic N) is 1. The standard InChI is InChI=1S/C27H28N2O3/c1-18(2)29-11-10-23-24(21-8-5-6-19(12-21)16-28)13-20(14-25(23)29)17-32-26-9-4-3-7-22(26)15-27(30)31/h3-14,18H,15-17,28H2,1-2H3,(H,30,31). The van der Waals surface area contributed by atoms with E-state index in [-0.39, 0.29) is 6.42 Å². The van der Waals surface area contributed by atoms with Crippen molar-refractivity contribution in [3.63, 3.8) is 0 Å². The lowest BCUT2D eigenvalue weighted by Gasteiger charge is -2.15. The number of carboxylic acids is 1. The summed E-state index contributed by atoms with van der Waals surface area (Å²) in [6, 6.07) is 22.4. The summed E-state index contributed by atoms with van der Waals surface area (Å²) in [5, 5.41) is 10.4. The number of para-hydroxylation sites is 1. The molecule has 164 valence electrons. The highest BCUT2D eigenvalue weighted by Gasteiger charge is 2.14. The van der Waals surface area contributed by atoms with E-state index in [1.54, 1.807) is 6.07 Å². The molecule has 32 heavy (non-hydrogen) atoms. The number of rotatable bonds is 8. The Morgan fingerprint density at radius 1 is 1.03 bits per heavy atom. The second-order valence-electron chi connectivity index (χ2n) is 8.26. The molecule has 0 saturated heterocycles. The molecule has 4 rings (SSSR count). The van der Waals surface area contributed by atoms with Gasteiger partial charge in [0.2, 0.25) is 0 Å². The Morgan fingerprint density at radius 2 is 1.84 bits per heavy atom. The predicted molar refractivity (Wildman–Crippen MR) is 128 cm³/mol. The molecule has 1 aromatic heterocycles. The van der Waals surface area contributed by atoms with E-state index in [2.05, 4.69) is 54.9 Å². The molecule has 0 fully saturated rings. The molecule has 0 amide bonds. The van der Waals surface area contributed by atoms with Gasteiger partial charge in [0.25, 0.3) is 0 Å². The van der Waals surface area contributed by atoms with Gasteiger partial charge in [-0.1, -0.05) is 36.4 Å². The first kappa shape index (κ1) is 21.7. The minimum absolute atomic E-state index is 0.0669. The van der Waals surface area contributed by atoms with Crippen LogP contribution in [0.25, 0.3) is 22.0 Å². The zero-order valence-electron chi connectivity index (χ0n) is 18.4. The van der Waals surface area contributed by atoms with Gasteiger partial charge >= 0.3 is 5.97 Å². The molecule has 5 nitrogen and oxygen atoms in total. The maximum atomic E-state index is 11.2. The van der Waals surface area contributed by atoms with E-state index in [4.69, 9.17) is 10.5 Å². The number of carbonyl (C=O) groups is 1. The highest BCUT2D eigenvalue weighted by molar-refractivity contribution is 5.96. The zero-order chi connectivity index (χ0) is 22.7. The third-order valence-electron chi connectivity index (χ3n) is 5.64. The molecule has 0 aliphatic heterocycles. The van der Waals surface area contributed by atoms with Gasteiger partial charge < -0.3 is 20.1 Å². The Hall–Kier alpha value is -3.57. The van der Waals surface area contributed by atoms with Gasteiger partial charge in [-0.25, -0.2) is 0 Å². The van der Waals surface area contributed by atoms with E-state index in [9.17, 15) is 9.90 Å². The lowest BCUT2D eigenvalue weighted by molar-refractivity contribution is -0.136. The highest BCUT2D eigenvalue weighted by atomic mass is 16.5. The molecule has 0 aliphatic rings. The Kier molecular flexibility index (Phi) is 6.28. The molecule has 0 radical (unpaired) electrons. The third kappa shape index (κ3) is 4.53. The number of hydrogen-bond acceptors (Lipinski definition) is 3. The minimum Gasteiger partial charge on any atom is -0.489 e. The summed E-state index contributed by atoms with van der Waals surface area (Å²) in [5.74, 6) is -0.278. The molecular weight excluding hydrogens is 400 g/mol. The normalized spacial score (nSPS) is 11.2. The van der Waals surface area contributed by atoms with E-state index in [0.717, 1.165) is 27.8 Å². The molecule has 0 unspecified atom stereocenters. The Labute approximate surface area is 188 Å². The maximum Gasteiger partial charge on any atom is 0.307 e. The van der Waals surface area contributed by atoms with Gasteiger partial charge in [0.15, 0.2) is 0 Å². The van der Waals surface area contributed by atoms with Gasteiger partial charge in [0, 0.05) is 35.2 Å². The van der Waals surface area contributed by atoms with Crippen LogP contribution in [0.5, 0.6) is 5.75 Å². The van der Waals surface area contributed by atoms with Gasteiger partial charge in [-0.15, -0.1) is 0 Å². The van der Waals surface area contributed by atoms with E-state index in [1.807, 2.05) is 30.3 Å². The van der Waals surface area contributed by atoms with Crippen molar-refractivity contribution in [3.05, 3.63) is 89.6 Å². The van der Waals surface area contributed by atoms with Crippen LogP contribution in [-0.2, 0) is 24.4 Å². The van der Waals surface area contributed by atoms with Gasteiger partial charge in [0.05, 0.1) is 6.42 Å². The van der Waals surface area contributed by atoms with Crippen LogP contribution in [-0.4, -0.2) is 15.6 Å². The summed E-state index contributed by atoms with van der Waals surface area (Å²) >= 11 is 0. The topological polar surface area (TPSA) is 77.5 Å². The fraction of sp³-hybridized carbons (Fsp3) is 0.222. The fourth-order valence-electron chi connectivity index (χ4n) is 4.07. The SMILES string of the molecule is CC(C)n1ccc2c(-c3cccc(CN)c3)cc(COc3ccccc3CC(=O)O)cc21. The van der Waals surface area contributed by atoms with Crippen LogP contribution in [0.3, 0.4) is 0 Å². The summed E-state index contributed by atoms with van der Waals surface area (Å²) in [6.45, 7) is 5.17. The molecule has 4 aromatic rings. The van der Waals surface area contributed by atoms with Gasteiger partial charge in [-0.3, -0.25) is 4.79 Å². The van der Waals surface area contributed by atoms with Crippen LogP contribution >= 0.6 is 0 Å². The summed E-state index contributed by atoms with van der Waals surface area (Å²) in [5.41, 5.74) is 12.1. The molecule has 0 saturated carbocycles. The average Bonchev–Trinajstić information content (AvgIpc) is 3.22. The van der Waals surface area contributed by atoms with Crippen molar-refractivity contribution < 1.29 is 14.6 Å². The van der Waals surface area contributed by atoms with Crippen molar-refractivity contribution in [1.82, 2.24) is 4.57 Å². The smallest absolute Gasteiger partial charge is 0.307 e. The molecule has 3 N–H and O–H groups in total. The fourth-order valence-corrected chi connectivity index (χ4v) is 4.07. The Bertz CT molecular complexity index is 1260. The van der Waals surface area contributed by atoms with Crippen LogP contribution in [0.2, 0.25) is 0 Å². The molecule has 5 heteroatoms. The quantitative estimate of drug-likeness (QED) is 0.385. The van der Waals surface area contributed by atoms with Gasteiger partial charge in [-0.2, -0.15) is 0 Å². The molecule has 0 atom stereocenters. The number of ether oxygens (including phenoxy) is 1. The van der Waals surface area contributed by atoms with E-state index in [1.165, 1.54) is 5.39 Å². The van der Waals surface area contributed by atoms with Gasteiger partial charge in [0.1, 0.15) is 12.4 Å². The minimum atomic E-state index is -0.876. The monoisotopic (exact) mass is 428 g/mol. The summed E-state index contributed by atoms with van der Waals surface area (Å²) in [4.78, 5) is 11.2. The third-order valence-corrected chi connectivity index (χ3v) is 5.64. The first-order valence-electron chi connectivity index (χ1n) is 10.8. The number of fused-ring (bicyclic) bond motifs is 1. The molecule has 0 aliphatic carbocycles. The zero-order valence-corrected chi connectivity index (χ0v) is 18.4. The highest BCUT2D eigenvalue weighted by Crippen LogP contribution is 2.33. The number of nitrogens with two attached hydrogens (primary N) is 1. The van der Waals surface area contributed by atoms with E-state index >= 15 is 0 Å². The first-order chi connectivity index (χ1) is 15.5. The van der Waals surface area contributed by atoms with Crippen molar-refractivity contribution in [2.24, 2.45) is 5.73 Å². The number of carboxylic acid groups (broad SMARTS) is 1. The molecular formula is C27H28N2O3. The number of benzene rings is 3. The van der Waals surface area contributed by atoms with E-state index < -0.39 is 5.97 Å². The molecule has 0 spiro atoms. The van der Waals surface area contributed by atoms with Crippen LogP contribution in [0.4, 0.5) is 0 Å². The van der Waals surface area contributed by atoms with Crippen LogP contribution in [0.1, 0.15) is 36.6 Å². The van der Waals surface area contributed by atoms with Gasteiger partial charge in [-0.05, 0) is 66.4 Å². The van der Waals surface area contributed by atoms with Crippen LogP contribution in [0, 0.1) is 0 Å². The summed E-state index contributed by atoms with van der Waals surface area (Å²) < 4.78 is 8.35. The molecule has 1 heterocycles. The van der Waals surface area contributed by atoms with Crippen molar-refractivity contribution in [3.8, 4) is 16.9 Å². The molecule has 0 bridgehead atoms. The van der Waals surface area contributed by atoms with Crippen molar-refractivity contribution in [1.29, 1.82) is 0 Å². The molecule has 3 aromatic carbocycles. The summed E-state index contributed by atoms with van der Waals surface area (Å²) in [7, 11) is 0. The second kappa shape index (κ2) is 9.28. The Balaban J connectivity index is 1.75. The van der Waals surface area contributed by atoms with Crippen molar-refractivity contribution >= 4 is 16.9 Å². The lowest BCUT2D eigenvalue weighted by atomic mass is 9.97. The van der Waals surface area contributed by atoms with Crippen LogP contribution in [0.15, 0.2) is 72.9 Å².